The average molecular weight is 355 g/mol. The van der Waals surface area contributed by atoms with Crippen molar-refractivity contribution in [2.45, 2.75) is 58.6 Å². The van der Waals surface area contributed by atoms with Crippen LogP contribution in [0.2, 0.25) is 32.2 Å². The molecule has 1 saturated heterocycles. The molecular formula is C13H34O5Si3. The van der Waals surface area contributed by atoms with Crippen LogP contribution < -0.4 is 0 Å². The molecule has 1 aliphatic heterocycles. The molecule has 2 unspecified atom stereocenters. The highest BCUT2D eigenvalue weighted by atomic mass is 28.5. The molecule has 1 aliphatic rings. The number of ether oxygens (including phenoxy) is 2. The molecule has 0 spiro atoms. The lowest BCUT2D eigenvalue weighted by Gasteiger charge is -2.34. The van der Waals surface area contributed by atoms with Crippen LogP contribution in [-0.4, -0.2) is 59.9 Å². The Hall–Kier alpha value is 0.451. The van der Waals surface area contributed by atoms with Gasteiger partial charge in [-0.1, -0.05) is 20.4 Å². The summed E-state index contributed by atoms with van der Waals surface area (Å²) in [5.41, 5.74) is 0. The van der Waals surface area contributed by atoms with Crippen molar-refractivity contribution in [1.82, 2.24) is 0 Å². The second kappa shape index (κ2) is 11.1. The first-order chi connectivity index (χ1) is 9.91. The molecule has 5 nitrogen and oxygen atoms in total. The molecule has 0 amide bonds. The van der Waals surface area contributed by atoms with Gasteiger partial charge in [0, 0.05) is 13.7 Å². The van der Waals surface area contributed by atoms with Crippen LogP contribution in [0.25, 0.3) is 0 Å². The van der Waals surface area contributed by atoms with Crippen molar-refractivity contribution in [3.05, 3.63) is 0 Å². The molecule has 0 N–H and O–H groups in total. The Kier molecular flexibility index (Phi) is 11.3. The van der Waals surface area contributed by atoms with Crippen molar-refractivity contribution in [2.75, 3.05) is 26.9 Å². The highest BCUT2D eigenvalue weighted by molar-refractivity contribution is 6.81. The maximum Gasteiger partial charge on any atom is 0.322 e. The minimum absolute atomic E-state index is 0.346. The third-order valence-electron chi connectivity index (χ3n) is 3.03. The van der Waals surface area contributed by atoms with Crippen LogP contribution in [0.4, 0.5) is 0 Å². The van der Waals surface area contributed by atoms with Crippen LogP contribution in [0.3, 0.4) is 0 Å². The zero-order chi connectivity index (χ0) is 16.4. The minimum Gasteiger partial charge on any atom is -0.442 e. The average Bonchev–Trinajstić information content (AvgIpc) is 3.24. The SMILES string of the molecule is CC.CO[Si](C)(C)O[Si](C)(CCCOCC1CO1)O[SiH2]C. The van der Waals surface area contributed by atoms with Gasteiger partial charge in [0.25, 0.3) is 0 Å². The molecular weight excluding hydrogens is 320 g/mol. The van der Waals surface area contributed by atoms with E-state index in [0.29, 0.717) is 6.10 Å². The topological polar surface area (TPSA) is 49.5 Å². The van der Waals surface area contributed by atoms with Crippen molar-refractivity contribution in [3.63, 3.8) is 0 Å². The first-order valence-corrected chi connectivity index (χ1v) is 15.3. The van der Waals surface area contributed by atoms with E-state index < -0.39 is 26.9 Å². The van der Waals surface area contributed by atoms with Crippen LogP contribution in [-0.2, 0) is 22.1 Å². The van der Waals surface area contributed by atoms with Crippen molar-refractivity contribution >= 4 is 26.9 Å². The van der Waals surface area contributed by atoms with E-state index in [9.17, 15) is 0 Å². The Morgan fingerprint density at radius 3 is 2.33 bits per heavy atom. The van der Waals surface area contributed by atoms with E-state index in [1.54, 1.807) is 7.11 Å². The van der Waals surface area contributed by atoms with Crippen LogP contribution in [0.1, 0.15) is 20.3 Å². The molecule has 0 radical (unpaired) electrons. The van der Waals surface area contributed by atoms with Gasteiger partial charge in [0.15, 0.2) is 0 Å². The lowest BCUT2D eigenvalue weighted by atomic mass is 10.5. The first-order valence-electron chi connectivity index (χ1n) is 7.99. The Labute approximate surface area is 135 Å². The maximum absolute atomic E-state index is 6.24. The van der Waals surface area contributed by atoms with Crippen LogP contribution in [0.5, 0.6) is 0 Å². The van der Waals surface area contributed by atoms with Gasteiger partial charge in [-0.15, -0.1) is 0 Å². The minimum atomic E-state index is -2.08. The van der Waals surface area contributed by atoms with E-state index in [0.717, 1.165) is 32.3 Å². The second-order valence-electron chi connectivity index (χ2n) is 5.41. The van der Waals surface area contributed by atoms with E-state index in [-0.39, 0.29) is 0 Å². The highest BCUT2D eigenvalue weighted by Gasteiger charge is 2.38. The van der Waals surface area contributed by atoms with Crippen LogP contribution in [0.15, 0.2) is 0 Å². The van der Waals surface area contributed by atoms with Crippen LogP contribution >= 0.6 is 0 Å². The monoisotopic (exact) mass is 354 g/mol. The van der Waals surface area contributed by atoms with Crippen LogP contribution in [0, 0.1) is 0 Å². The smallest absolute Gasteiger partial charge is 0.322 e. The lowest BCUT2D eigenvalue weighted by molar-refractivity contribution is 0.115. The fraction of sp³-hybridized carbons (Fsp3) is 1.00. The van der Waals surface area contributed by atoms with E-state index in [1.165, 1.54) is 0 Å². The van der Waals surface area contributed by atoms with Gasteiger partial charge in [0.2, 0.25) is 0 Å². The van der Waals surface area contributed by atoms with E-state index in [4.69, 9.17) is 22.1 Å². The van der Waals surface area contributed by atoms with E-state index >= 15 is 0 Å². The second-order valence-corrected chi connectivity index (χ2v) is 13.9. The van der Waals surface area contributed by atoms with Gasteiger partial charge in [0.1, 0.15) is 15.9 Å². The molecule has 0 aromatic rings. The predicted octanol–water partition coefficient (Wildman–Crippen LogP) is 2.40. The quantitative estimate of drug-likeness (QED) is 0.324. The zero-order valence-electron chi connectivity index (χ0n) is 14.9. The van der Waals surface area contributed by atoms with E-state index in [2.05, 4.69) is 26.2 Å². The number of hydrogen-bond donors (Lipinski definition) is 0. The fourth-order valence-electron chi connectivity index (χ4n) is 1.89. The molecule has 128 valence electrons. The van der Waals surface area contributed by atoms with Crippen molar-refractivity contribution in [1.29, 1.82) is 0 Å². The summed E-state index contributed by atoms with van der Waals surface area (Å²) in [4.78, 5) is 0. The fourth-order valence-corrected chi connectivity index (χ4v) is 11.4. The summed E-state index contributed by atoms with van der Waals surface area (Å²) in [6.45, 7) is 14.8. The molecule has 0 saturated carbocycles. The van der Waals surface area contributed by atoms with Gasteiger partial charge in [-0.3, -0.25) is 0 Å². The largest absolute Gasteiger partial charge is 0.442 e. The molecule has 21 heavy (non-hydrogen) atoms. The maximum atomic E-state index is 6.24. The molecule has 0 aromatic heterocycles. The summed E-state index contributed by atoms with van der Waals surface area (Å²) >= 11 is 0. The number of hydrogen-bond acceptors (Lipinski definition) is 5. The Bertz CT molecular complexity index is 264. The third-order valence-corrected chi connectivity index (χ3v) is 12.6. The lowest BCUT2D eigenvalue weighted by Crippen LogP contribution is -2.50. The predicted molar refractivity (Wildman–Crippen MR) is 94.0 cm³/mol. The summed E-state index contributed by atoms with van der Waals surface area (Å²) in [7, 11) is -2.85. The molecule has 1 rings (SSSR count). The van der Waals surface area contributed by atoms with Crippen molar-refractivity contribution in [3.8, 4) is 0 Å². The van der Waals surface area contributed by atoms with Gasteiger partial charge in [0.05, 0.1) is 13.2 Å². The summed E-state index contributed by atoms with van der Waals surface area (Å²) in [5.74, 6) is 0. The van der Waals surface area contributed by atoms with Crippen molar-refractivity contribution in [2.24, 2.45) is 0 Å². The third kappa shape index (κ3) is 10.7. The molecule has 0 aliphatic carbocycles. The molecule has 8 heteroatoms. The van der Waals surface area contributed by atoms with Gasteiger partial charge in [-0.05, 0) is 32.1 Å². The molecule has 0 aromatic carbocycles. The zero-order valence-corrected chi connectivity index (χ0v) is 18.3. The molecule has 2 atom stereocenters. The Morgan fingerprint density at radius 1 is 1.24 bits per heavy atom. The summed E-state index contributed by atoms with van der Waals surface area (Å²) in [6, 6.07) is 0.971. The van der Waals surface area contributed by atoms with Gasteiger partial charge in [-0.25, -0.2) is 0 Å². The summed E-state index contributed by atoms with van der Waals surface area (Å²) in [5, 5.41) is 0. The van der Waals surface area contributed by atoms with Gasteiger partial charge in [-0.2, -0.15) is 0 Å². The summed E-state index contributed by atoms with van der Waals surface area (Å²) in [6.07, 6.45) is 1.33. The van der Waals surface area contributed by atoms with Gasteiger partial charge < -0.3 is 22.1 Å². The standard InChI is InChI=1S/C11H28O5Si3.C2H6/c1-12-18(3,4)16-19(5,15-17-2)8-6-7-13-9-11-10-14-11;1-2/h11H,6-10,17H2,1-5H3;1-2H3. The highest BCUT2D eigenvalue weighted by Crippen LogP contribution is 2.21. The summed E-state index contributed by atoms with van der Waals surface area (Å²) < 4.78 is 28.4. The van der Waals surface area contributed by atoms with E-state index in [1.807, 2.05) is 13.8 Å². The normalized spacial score (nSPS) is 21.0. The Balaban J connectivity index is 0.00000191. The first kappa shape index (κ1) is 21.5. The molecule has 1 fully saturated rings. The van der Waals surface area contributed by atoms with Crippen molar-refractivity contribution < 1.29 is 22.1 Å². The Morgan fingerprint density at radius 2 is 1.86 bits per heavy atom. The number of rotatable bonds is 11. The number of epoxide rings is 1. The molecule has 1 heterocycles. The molecule has 0 bridgehead atoms. The van der Waals surface area contributed by atoms with Gasteiger partial charge >= 0.3 is 17.1 Å².